The Kier molecular flexibility index (Phi) is 4.57. The first kappa shape index (κ1) is 13.3. The summed E-state index contributed by atoms with van der Waals surface area (Å²) >= 11 is 0. The molecule has 1 saturated carbocycles. The van der Waals surface area contributed by atoms with Crippen LogP contribution in [0.25, 0.3) is 0 Å². The fourth-order valence-corrected chi connectivity index (χ4v) is 2.92. The third-order valence-electron chi connectivity index (χ3n) is 4.18. The SMILES string of the molecule is Cc1ccc(C)c(CC(=O)C2CCCCCC2)c1. The van der Waals surface area contributed by atoms with Crippen molar-refractivity contribution in [2.75, 3.05) is 0 Å². The molecular formula is C17H24O. The molecule has 18 heavy (non-hydrogen) atoms. The second-order valence-corrected chi connectivity index (χ2v) is 5.76. The van der Waals surface area contributed by atoms with Gasteiger partial charge in [0.1, 0.15) is 5.78 Å². The fraction of sp³-hybridized carbons (Fsp3) is 0.588. The molecule has 2 rings (SSSR count). The maximum atomic E-state index is 12.4. The summed E-state index contributed by atoms with van der Waals surface area (Å²) in [5, 5.41) is 0. The molecule has 1 aliphatic carbocycles. The van der Waals surface area contributed by atoms with Gasteiger partial charge in [0.2, 0.25) is 0 Å². The van der Waals surface area contributed by atoms with Crippen LogP contribution < -0.4 is 0 Å². The number of carbonyl (C=O) groups excluding carboxylic acids is 1. The van der Waals surface area contributed by atoms with Crippen LogP contribution in [0.5, 0.6) is 0 Å². The van der Waals surface area contributed by atoms with Gasteiger partial charge in [-0.3, -0.25) is 4.79 Å². The Morgan fingerprint density at radius 3 is 2.44 bits per heavy atom. The van der Waals surface area contributed by atoms with Gasteiger partial charge < -0.3 is 0 Å². The van der Waals surface area contributed by atoms with Crippen LogP contribution in [0.2, 0.25) is 0 Å². The zero-order valence-corrected chi connectivity index (χ0v) is 11.7. The van der Waals surface area contributed by atoms with Gasteiger partial charge in [-0.05, 0) is 37.8 Å². The smallest absolute Gasteiger partial charge is 0.140 e. The van der Waals surface area contributed by atoms with Crippen LogP contribution in [0, 0.1) is 19.8 Å². The standard InChI is InChI=1S/C17H24O/c1-13-9-10-14(2)16(11-13)12-17(18)15-7-5-3-4-6-8-15/h9-11,15H,3-8,12H2,1-2H3. The van der Waals surface area contributed by atoms with Crippen molar-refractivity contribution in [1.82, 2.24) is 0 Å². The number of ketones is 1. The number of rotatable bonds is 3. The molecule has 0 radical (unpaired) electrons. The fourth-order valence-electron chi connectivity index (χ4n) is 2.92. The van der Waals surface area contributed by atoms with Gasteiger partial charge >= 0.3 is 0 Å². The van der Waals surface area contributed by atoms with Crippen molar-refractivity contribution in [3.63, 3.8) is 0 Å². The Hall–Kier alpha value is -1.11. The topological polar surface area (TPSA) is 17.1 Å². The number of carbonyl (C=O) groups is 1. The summed E-state index contributed by atoms with van der Waals surface area (Å²) in [4.78, 5) is 12.4. The maximum absolute atomic E-state index is 12.4. The molecule has 1 aliphatic rings. The van der Waals surface area contributed by atoms with Gasteiger partial charge in [0.05, 0.1) is 0 Å². The van der Waals surface area contributed by atoms with E-state index in [4.69, 9.17) is 0 Å². The second-order valence-electron chi connectivity index (χ2n) is 5.76. The summed E-state index contributed by atoms with van der Waals surface area (Å²) in [6.45, 7) is 4.20. The summed E-state index contributed by atoms with van der Waals surface area (Å²) in [7, 11) is 0. The molecule has 1 fully saturated rings. The van der Waals surface area contributed by atoms with Gasteiger partial charge in [-0.2, -0.15) is 0 Å². The molecule has 0 spiro atoms. The van der Waals surface area contributed by atoms with Crippen molar-refractivity contribution in [3.05, 3.63) is 34.9 Å². The molecule has 0 unspecified atom stereocenters. The molecule has 0 aromatic heterocycles. The number of aryl methyl sites for hydroxylation is 2. The van der Waals surface area contributed by atoms with E-state index in [2.05, 4.69) is 32.0 Å². The molecule has 0 N–H and O–H groups in total. The zero-order valence-electron chi connectivity index (χ0n) is 11.7. The highest BCUT2D eigenvalue weighted by Gasteiger charge is 2.20. The summed E-state index contributed by atoms with van der Waals surface area (Å²) in [6.07, 6.45) is 7.97. The van der Waals surface area contributed by atoms with Crippen molar-refractivity contribution in [3.8, 4) is 0 Å². The first-order valence-corrected chi connectivity index (χ1v) is 7.25. The minimum atomic E-state index is 0.326. The van der Waals surface area contributed by atoms with Crippen molar-refractivity contribution in [1.29, 1.82) is 0 Å². The van der Waals surface area contributed by atoms with Crippen molar-refractivity contribution >= 4 is 5.78 Å². The van der Waals surface area contributed by atoms with E-state index in [1.54, 1.807) is 0 Å². The number of Topliss-reactive ketones (excluding diaryl/α,β-unsaturated/α-hetero) is 1. The lowest BCUT2D eigenvalue weighted by molar-refractivity contribution is -0.122. The van der Waals surface area contributed by atoms with Crippen LogP contribution in [0.1, 0.15) is 55.2 Å². The largest absolute Gasteiger partial charge is 0.299 e. The van der Waals surface area contributed by atoms with Crippen molar-refractivity contribution in [2.24, 2.45) is 5.92 Å². The maximum Gasteiger partial charge on any atom is 0.140 e. The quantitative estimate of drug-likeness (QED) is 0.721. The molecule has 0 heterocycles. The third kappa shape index (κ3) is 3.44. The van der Waals surface area contributed by atoms with Crippen LogP contribution in [0.3, 0.4) is 0 Å². The first-order valence-electron chi connectivity index (χ1n) is 7.25. The lowest BCUT2D eigenvalue weighted by Crippen LogP contribution is -2.16. The summed E-state index contributed by atoms with van der Waals surface area (Å²) in [6, 6.07) is 6.42. The van der Waals surface area contributed by atoms with Gasteiger partial charge in [0.15, 0.2) is 0 Å². The van der Waals surface area contributed by atoms with E-state index in [1.807, 2.05) is 0 Å². The molecule has 0 aliphatic heterocycles. The molecular weight excluding hydrogens is 220 g/mol. The van der Waals surface area contributed by atoms with Gasteiger partial charge in [0.25, 0.3) is 0 Å². The van der Waals surface area contributed by atoms with E-state index in [0.717, 1.165) is 12.8 Å². The first-order chi connectivity index (χ1) is 8.66. The van der Waals surface area contributed by atoms with Gasteiger partial charge in [0, 0.05) is 12.3 Å². The minimum absolute atomic E-state index is 0.326. The predicted octanol–water partition coefficient (Wildman–Crippen LogP) is 4.39. The molecule has 0 amide bonds. The van der Waals surface area contributed by atoms with E-state index in [1.165, 1.54) is 42.4 Å². The third-order valence-corrected chi connectivity index (χ3v) is 4.18. The van der Waals surface area contributed by atoms with Crippen LogP contribution in [0.15, 0.2) is 18.2 Å². The van der Waals surface area contributed by atoms with Crippen LogP contribution in [-0.2, 0) is 11.2 Å². The van der Waals surface area contributed by atoms with E-state index in [9.17, 15) is 4.79 Å². The Morgan fingerprint density at radius 1 is 1.11 bits per heavy atom. The highest BCUT2D eigenvalue weighted by atomic mass is 16.1. The Labute approximate surface area is 111 Å². The molecule has 1 heteroatoms. The zero-order chi connectivity index (χ0) is 13.0. The van der Waals surface area contributed by atoms with E-state index < -0.39 is 0 Å². The summed E-state index contributed by atoms with van der Waals surface area (Å²) in [5.41, 5.74) is 3.73. The van der Waals surface area contributed by atoms with Crippen LogP contribution >= 0.6 is 0 Å². The normalized spacial score (nSPS) is 17.4. The highest BCUT2D eigenvalue weighted by Crippen LogP contribution is 2.25. The Morgan fingerprint density at radius 2 is 1.78 bits per heavy atom. The van der Waals surface area contributed by atoms with E-state index in [-0.39, 0.29) is 0 Å². The molecule has 1 aromatic carbocycles. The second kappa shape index (κ2) is 6.17. The minimum Gasteiger partial charge on any atom is -0.299 e. The van der Waals surface area contributed by atoms with E-state index in [0.29, 0.717) is 18.1 Å². The van der Waals surface area contributed by atoms with Gasteiger partial charge in [-0.25, -0.2) is 0 Å². The average molecular weight is 244 g/mol. The summed E-state index contributed by atoms with van der Waals surface area (Å²) < 4.78 is 0. The highest BCUT2D eigenvalue weighted by molar-refractivity contribution is 5.83. The van der Waals surface area contributed by atoms with Gasteiger partial charge in [-0.1, -0.05) is 49.4 Å². The molecule has 98 valence electrons. The number of benzene rings is 1. The molecule has 0 bridgehead atoms. The van der Waals surface area contributed by atoms with Crippen LogP contribution in [-0.4, -0.2) is 5.78 Å². The summed E-state index contributed by atoms with van der Waals surface area (Å²) in [5.74, 6) is 0.790. The Balaban J connectivity index is 2.03. The lowest BCUT2D eigenvalue weighted by Gasteiger charge is -2.14. The van der Waals surface area contributed by atoms with E-state index >= 15 is 0 Å². The average Bonchev–Trinajstić information content (AvgIpc) is 2.62. The Bertz CT molecular complexity index is 412. The van der Waals surface area contributed by atoms with Crippen molar-refractivity contribution < 1.29 is 4.79 Å². The molecule has 1 aromatic rings. The molecule has 0 atom stereocenters. The molecule has 1 nitrogen and oxygen atoms in total. The lowest BCUT2D eigenvalue weighted by atomic mass is 9.90. The number of hydrogen-bond donors (Lipinski definition) is 0. The van der Waals surface area contributed by atoms with Crippen molar-refractivity contribution in [2.45, 2.75) is 58.8 Å². The number of hydrogen-bond acceptors (Lipinski definition) is 1. The monoisotopic (exact) mass is 244 g/mol. The predicted molar refractivity (Wildman–Crippen MR) is 75.8 cm³/mol. The van der Waals surface area contributed by atoms with Gasteiger partial charge in [-0.15, -0.1) is 0 Å². The molecule has 0 saturated heterocycles. The van der Waals surface area contributed by atoms with Crippen LogP contribution in [0.4, 0.5) is 0 Å².